The molecule has 1 aliphatic heterocycles. The van der Waals surface area contributed by atoms with Gasteiger partial charge < -0.3 is 10.2 Å². The van der Waals surface area contributed by atoms with E-state index in [1.165, 1.54) is 21.9 Å². The Kier molecular flexibility index (Phi) is 6.91. The number of unbranched alkanes of at least 4 members (excludes halogenated alkanes) is 1. The van der Waals surface area contributed by atoms with Crippen LogP contribution >= 0.6 is 0 Å². The van der Waals surface area contributed by atoms with Crippen LogP contribution in [0.15, 0.2) is 60.7 Å². The van der Waals surface area contributed by atoms with Crippen LogP contribution in [0.4, 0.5) is 10.1 Å². The van der Waals surface area contributed by atoms with Gasteiger partial charge >= 0.3 is 0 Å². The maximum absolute atomic E-state index is 13.5. The monoisotopic (exact) mass is 461 g/mol. The Labute approximate surface area is 198 Å². The van der Waals surface area contributed by atoms with Crippen molar-refractivity contribution in [1.29, 1.82) is 0 Å². The first-order valence-electron chi connectivity index (χ1n) is 11.6. The van der Waals surface area contributed by atoms with Gasteiger partial charge in [-0.1, -0.05) is 49.7 Å². The third kappa shape index (κ3) is 4.64. The van der Waals surface area contributed by atoms with Gasteiger partial charge in [-0.25, -0.2) is 4.39 Å². The van der Waals surface area contributed by atoms with E-state index in [9.17, 15) is 18.8 Å². The topological polar surface area (TPSA) is 69.7 Å². The summed E-state index contributed by atoms with van der Waals surface area (Å²) in [6, 6.07) is 16.2. The number of hydrogen-bond acceptors (Lipinski definition) is 3. The molecule has 34 heavy (non-hydrogen) atoms. The Morgan fingerprint density at radius 1 is 1.06 bits per heavy atom. The van der Waals surface area contributed by atoms with Gasteiger partial charge in [0.25, 0.3) is 5.91 Å². The second-order valence-corrected chi connectivity index (χ2v) is 8.54. The molecule has 3 aromatic carbocycles. The Bertz CT molecular complexity index is 1220. The van der Waals surface area contributed by atoms with Crippen LogP contribution in [0.2, 0.25) is 0 Å². The largest absolute Gasteiger partial charge is 0.354 e. The van der Waals surface area contributed by atoms with Crippen molar-refractivity contribution in [3.8, 4) is 0 Å². The predicted molar refractivity (Wildman–Crippen MR) is 130 cm³/mol. The lowest BCUT2D eigenvalue weighted by Crippen LogP contribution is -2.51. The summed E-state index contributed by atoms with van der Waals surface area (Å²) in [7, 11) is 0. The van der Waals surface area contributed by atoms with E-state index in [0.717, 1.165) is 23.6 Å². The normalized spacial score (nSPS) is 13.3. The molecule has 1 N–H and O–H groups in total. The molecular formula is C27H28FN3O3. The van der Waals surface area contributed by atoms with E-state index < -0.39 is 6.04 Å². The summed E-state index contributed by atoms with van der Waals surface area (Å²) in [5.41, 5.74) is 1.95. The highest BCUT2D eigenvalue weighted by Gasteiger charge is 2.34. The van der Waals surface area contributed by atoms with Crippen LogP contribution < -0.4 is 10.2 Å². The van der Waals surface area contributed by atoms with Crippen molar-refractivity contribution in [3.63, 3.8) is 0 Å². The zero-order valence-electron chi connectivity index (χ0n) is 19.4. The predicted octanol–water partition coefficient (Wildman–Crippen LogP) is 4.27. The van der Waals surface area contributed by atoms with Crippen molar-refractivity contribution in [2.24, 2.45) is 0 Å². The molecular weight excluding hydrogens is 433 g/mol. The van der Waals surface area contributed by atoms with Crippen molar-refractivity contribution in [2.45, 2.75) is 39.3 Å². The van der Waals surface area contributed by atoms with Gasteiger partial charge in [-0.3, -0.25) is 19.3 Å². The number of carbonyl (C=O) groups excluding carboxylic acids is 3. The molecule has 3 amide bonds. The van der Waals surface area contributed by atoms with Crippen molar-refractivity contribution >= 4 is 34.2 Å². The van der Waals surface area contributed by atoms with Crippen molar-refractivity contribution in [2.75, 3.05) is 18.0 Å². The van der Waals surface area contributed by atoms with Gasteiger partial charge in [0.05, 0.1) is 5.69 Å². The third-order valence-electron chi connectivity index (χ3n) is 6.21. The molecule has 176 valence electrons. The minimum Gasteiger partial charge on any atom is -0.354 e. The summed E-state index contributed by atoms with van der Waals surface area (Å²) in [5, 5.41) is 4.64. The fourth-order valence-electron chi connectivity index (χ4n) is 4.27. The summed E-state index contributed by atoms with van der Waals surface area (Å²) >= 11 is 0. The second-order valence-electron chi connectivity index (χ2n) is 8.54. The molecule has 0 fully saturated rings. The lowest BCUT2D eigenvalue weighted by Gasteiger charge is -2.30. The molecule has 0 saturated heterocycles. The maximum Gasteiger partial charge on any atom is 0.259 e. The fourth-order valence-corrected chi connectivity index (χ4v) is 4.27. The SMILES string of the molecule is CCCCNC(=O)C(C)N(Cc1ccc(F)cc1)C(=O)CN1C(=O)c2cccc3cccc1c23. The summed E-state index contributed by atoms with van der Waals surface area (Å²) in [6.07, 6.45) is 1.78. The summed E-state index contributed by atoms with van der Waals surface area (Å²) < 4.78 is 13.4. The van der Waals surface area contributed by atoms with Gasteiger partial charge in [0.15, 0.2) is 0 Å². The Morgan fingerprint density at radius 2 is 1.76 bits per heavy atom. The van der Waals surface area contributed by atoms with Gasteiger partial charge in [-0.15, -0.1) is 0 Å². The van der Waals surface area contributed by atoms with Crippen molar-refractivity contribution in [3.05, 3.63) is 77.6 Å². The van der Waals surface area contributed by atoms with Gasteiger partial charge in [0, 0.05) is 24.0 Å². The lowest BCUT2D eigenvalue weighted by atomic mass is 10.1. The second kappa shape index (κ2) is 10.0. The van der Waals surface area contributed by atoms with Crippen LogP contribution in [-0.4, -0.2) is 41.8 Å². The molecule has 1 unspecified atom stereocenters. The number of hydrogen-bond donors (Lipinski definition) is 1. The molecule has 1 atom stereocenters. The number of amides is 3. The molecule has 0 bridgehead atoms. The number of carbonyl (C=O) groups is 3. The van der Waals surface area contributed by atoms with Gasteiger partial charge in [0.2, 0.25) is 11.8 Å². The minimum atomic E-state index is -0.759. The zero-order chi connectivity index (χ0) is 24.2. The van der Waals surface area contributed by atoms with Crippen LogP contribution in [0.5, 0.6) is 0 Å². The van der Waals surface area contributed by atoms with Gasteiger partial charge in [-0.2, -0.15) is 0 Å². The highest BCUT2D eigenvalue weighted by atomic mass is 19.1. The van der Waals surface area contributed by atoms with Crippen LogP contribution in [0.25, 0.3) is 10.8 Å². The molecule has 3 aromatic rings. The van der Waals surface area contributed by atoms with E-state index in [2.05, 4.69) is 5.32 Å². The smallest absolute Gasteiger partial charge is 0.259 e. The molecule has 0 radical (unpaired) electrons. The Hall–Kier alpha value is -3.74. The molecule has 7 heteroatoms. The lowest BCUT2D eigenvalue weighted by molar-refractivity contribution is -0.139. The van der Waals surface area contributed by atoms with E-state index in [1.54, 1.807) is 25.1 Å². The van der Waals surface area contributed by atoms with Crippen LogP contribution in [0.3, 0.4) is 0 Å². The number of benzene rings is 3. The van der Waals surface area contributed by atoms with E-state index in [4.69, 9.17) is 0 Å². The quantitative estimate of drug-likeness (QED) is 0.484. The van der Waals surface area contributed by atoms with Crippen LogP contribution in [0.1, 0.15) is 42.6 Å². The summed E-state index contributed by atoms with van der Waals surface area (Å²) in [6.45, 7) is 4.16. The molecule has 6 nitrogen and oxygen atoms in total. The minimum absolute atomic E-state index is 0.126. The molecule has 0 saturated carbocycles. The molecule has 0 aliphatic carbocycles. The first kappa shape index (κ1) is 23.4. The van der Waals surface area contributed by atoms with E-state index in [1.807, 2.05) is 37.3 Å². The van der Waals surface area contributed by atoms with Crippen molar-refractivity contribution in [1.82, 2.24) is 10.2 Å². The number of rotatable bonds is 9. The fraction of sp³-hybridized carbons (Fsp3) is 0.296. The molecule has 0 aromatic heterocycles. The average molecular weight is 462 g/mol. The van der Waals surface area contributed by atoms with Gasteiger partial charge in [-0.05, 0) is 48.6 Å². The standard InChI is InChI=1S/C27H28FN3O3/c1-3-4-15-29-26(33)18(2)30(16-19-11-13-21(28)14-12-19)24(32)17-31-23-10-6-8-20-7-5-9-22(25(20)23)27(31)34/h5-14,18H,3-4,15-17H2,1-2H3,(H,29,33). The molecule has 0 spiro atoms. The van der Waals surface area contributed by atoms with Crippen molar-refractivity contribution < 1.29 is 18.8 Å². The molecule has 1 heterocycles. The first-order valence-corrected chi connectivity index (χ1v) is 11.6. The number of anilines is 1. The number of nitrogens with one attached hydrogen (secondary N) is 1. The van der Waals surface area contributed by atoms with Crippen LogP contribution in [0, 0.1) is 5.82 Å². The molecule has 1 aliphatic rings. The Balaban J connectivity index is 1.59. The number of halogens is 1. The third-order valence-corrected chi connectivity index (χ3v) is 6.21. The highest BCUT2D eigenvalue weighted by molar-refractivity contribution is 6.26. The summed E-state index contributed by atoms with van der Waals surface area (Å²) in [5.74, 6) is -1.23. The van der Waals surface area contributed by atoms with Gasteiger partial charge in [0.1, 0.15) is 18.4 Å². The van der Waals surface area contributed by atoms with E-state index in [-0.39, 0.29) is 36.6 Å². The maximum atomic E-state index is 13.5. The average Bonchev–Trinajstić information content (AvgIpc) is 3.11. The Morgan fingerprint density at radius 3 is 2.47 bits per heavy atom. The van der Waals surface area contributed by atoms with E-state index >= 15 is 0 Å². The summed E-state index contributed by atoms with van der Waals surface area (Å²) in [4.78, 5) is 42.4. The zero-order valence-corrected chi connectivity index (χ0v) is 19.4. The first-order chi connectivity index (χ1) is 16.4. The highest BCUT2D eigenvalue weighted by Crippen LogP contribution is 2.37. The van der Waals surface area contributed by atoms with Crippen LogP contribution in [-0.2, 0) is 16.1 Å². The molecule has 4 rings (SSSR count). The van der Waals surface area contributed by atoms with E-state index in [0.29, 0.717) is 23.4 Å². The number of nitrogens with zero attached hydrogens (tertiary/aromatic N) is 2.